The highest BCUT2D eigenvalue weighted by Gasteiger charge is 2.87. The Balaban J connectivity index is 1.54. The number of aliphatic hydroxyl groups is 2. The van der Waals surface area contributed by atoms with Crippen LogP contribution < -0.4 is 0 Å². The molecule has 5 aliphatic rings. The van der Waals surface area contributed by atoms with Crippen LogP contribution in [0.5, 0.6) is 0 Å². The Morgan fingerprint density at radius 2 is 1.89 bits per heavy atom. The largest absolute Gasteiger partial charge is 0.472 e. The van der Waals surface area contributed by atoms with E-state index in [1.54, 1.807) is 12.5 Å². The minimum Gasteiger partial charge on any atom is -0.472 e. The van der Waals surface area contributed by atoms with Crippen LogP contribution in [0.3, 0.4) is 0 Å². The van der Waals surface area contributed by atoms with E-state index in [-0.39, 0.29) is 28.6 Å². The highest BCUT2D eigenvalue weighted by atomic mass is 16.7. The summed E-state index contributed by atoms with van der Waals surface area (Å²) in [7, 11) is 0. The molecule has 1 aromatic rings. The maximum Gasteiger partial charge on any atom is 0.302 e. The van der Waals surface area contributed by atoms with Crippen LogP contribution in [0.1, 0.15) is 72.5 Å². The molecule has 6 rings (SSSR count). The molecular weight excluding hydrogens is 448 g/mol. The number of carbonyl (C=O) groups is 1. The fourth-order valence-corrected chi connectivity index (χ4v) is 9.52. The summed E-state index contributed by atoms with van der Waals surface area (Å²) in [4.78, 5) is 12.5. The van der Waals surface area contributed by atoms with Crippen LogP contribution in [0.4, 0.5) is 0 Å². The van der Waals surface area contributed by atoms with Crippen LogP contribution in [0, 0.1) is 33.5 Å². The molecule has 3 aliphatic carbocycles. The number of carbonyl (C=O) groups excluding carboxylic acids is 1. The molecule has 1 spiro atoms. The summed E-state index contributed by atoms with van der Waals surface area (Å²) < 4.78 is 24.4. The summed E-state index contributed by atoms with van der Waals surface area (Å²) in [5.74, 6) is -0.0810. The van der Waals surface area contributed by atoms with Crippen molar-refractivity contribution in [3.63, 3.8) is 0 Å². The molecular formula is C28H38O7. The SMILES string of the molecule is CC(=O)O[C@@H]1CC2C(C)(C)C(O)C=C[C@]2(C)C2CC[C@@]3(C)[C@H](c4ccoc4)OC(O)[C@H]4O[C@]43[C@@]21C. The molecule has 2 N–H and O–H groups in total. The van der Waals surface area contributed by atoms with E-state index in [9.17, 15) is 15.0 Å². The second-order valence-electron chi connectivity index (χ2n) is 12.9. The van der Waals surface area contributed by atoms with Gasteiger partial charge in [0.1, 0.15) is 17.8 Å². The molecule has 7 heteroatoms. The molecule has 35 heavy (non-hydrogen) atoms. The maximum absolute atomic E-state index is 12.5. The molecule has 2 saturated carbocycles. The molecule has 2 saturated heterocycles. The Bertz CT molecular complexity index is 1060. The average molecular weight is 487 g/mol. The maximum atomic E-state index is 12.5. The number of rotatable bonds is 2. The molecule has 3 heterocycles. The van der Waals surface area contributed by atoms with Crippen LogP contribution in [-0.2, 0) is 19.0 Å². The topological polar surface area (TPSA) is 102 Å². The van der Waals surface area contributed by atoms with Crippen molar-refractivity contribution in [2.75, 3.05) is 0 Å². The third-order valence-corrected chi connectivity index (χ3v) is 11.2. The summed E-state index contributed by atoms with van der Waals surface area (Å²) in [5, 5.41) is 22.0. The first-order valence-corrected chi connectivity index (χ1v) is 12.9. The summed E-state index contributed by atoms with van der Waals surface area (Å²) in [6.45, 7) is 12.4. The molecule has 11 atom stereocenters. The number of furan rings is 1. The van der Waals surface area contributed by atoms with Gasteiger partial charge in [0.2, 0.25) is 0 Å². The van der Waals surface area contributed by atoms with Gasteiger partial charge in [0.25, 0.3) is 0 Å². The van der Waals surface area contributed by atoms with Crippen molar-refractivity contribution < 1.29 is 33.6 Å². The number of hydrogen-bond donors (Lipinski definition) is 2. The Kier molecular flexibility index (Phi) is 4.74. The molecule has 0 amide bonds. The first kappa shape index (κ1) is 23.7. The molecule has 0 radical (unpaired) electrons. The van der Waals surface area contributed by atoms with Crippen molar-refractivity contribution in [2.45, 2.75) is 97.1 Å². The second-order valence-corrected chi connectivity index (χ2v) is 12.9. The molecule has 7 nitrogen and oxygen atoms in total. The van der Waals surface area contributed by atoms with Gasteiger partial charge >= 0.3 is 5.97 Å². The van der Waals surface area contributed by atoms with Gasteiger partial charge in [0.05, 0.1) is 24.7 Å². The van der Waals surface area contributed by atoms with Gasteiger partial charge in [-0.05, 0) is 48.0 Å². The highest BCUT2D eigenvalue weighted by molar-refractivity contribution is 5.66. The molecule has 4 unspecified atom stereocenters. The lowest BCUT2D eigenvalue weighted by atomic mass is 9.35. The highest BCUT2D eigenvalue weighted by Crippen LogP contribution is 2.80. The molecule has 4 fully saturated rings. The molecule has 192 valence electrons. The van der Waals surface area contributed by atoms with Crippen molar-refractivity contribution in [3.05, 3.63) is 36.3 Å². The van der Waals surface area contributed by atoms with Gasteiger partial charge in [-0.3, -0.25) is 4.79 Å². The van der Waals surface area contributed by atoms with E-state index in [0.717, 1.165) is 18.4 Å². The summed E-state index contributed by atoms with van der Waals surface area (Å²) in [5.41, 5.74) is -1.48. The van der Waals surface area contributed by atoms with Gasteiger partial charge in [0, 0.05) is 23.3 Å². The quantitative estimate of drug-likeness (QED) is 0.368. The first-order valence-electron chi connectivity index (χ1n) is 12.9. The summed E-state index contributed by atoms with van der Waals surface area (Å²) in [6.07, 6.45) is 6.86. The second kappa shape index (κ2) is 7.00. The third-order valence-electron chi connectivity index (χ3n) is 11.2. The molecule has 1 aromatic heterocycles. The third kappa shape index (κ3) is 2.63. The Hall–Kier alpha value is -1.67. The van der Waals surface area contributed by atoms with Crippen molar-refractivity contribution in [1.82, 2.24) is 0 Å². The smallest absolute Gasteiger partial charge is 0.302 e. The number of ether oxygens (including phenoxy) is 3. The molecule has 0 bridgehead atoms. The number of allylic oxidation sites excluding steroid dienone is 1. The Labute approximate surface area is 206 Å². The van der Waals surface area contributed by atoms with E-state index in [2.05, 4.69) is 40.7 Å². The van der Waals surface area contributed by atoms with Crippen molar-refractivity contribution in [1.29, 1.82) is 0 Å². The minimum atomic E-state index is -1.08. The summed E-state index contributed by atoms with van der Waals surface area (Å²) >= 11 is 0. The fraction of sp³-hybridized carbons (Fsp3) is 0.750. The van der Waals surface area contributed by atoms with Crippen LogP contribution in [-0.4, -0.2) is 46.4 Å². The number of esters is 1. The Morgan fingerprint density at radius 3 is 2.54 bits per heavy atom. The van der Waals surface area contributed by atoms with Crippen LogP contribution in [0.15, 0.2) is 35.2 Å². The number of aliphatic hydroxyl groups excluding tert-OH is 2. The van der Waals surface area contributed by atoms with E-state index in [1.165, 1.54) is 6.92 Å². The van der Waals surface area contributed by atoms with Gasteiger partial charge < -0.3 is 28.8 Å². The molecule has 0 aromatic carbocycles. The van der Waals surface area contributed by atoms with Crippen LogP contribution in [0.2, 0.25) is 0 Å². The van der Waals surface area contributed by atoms with E-state index in [0.29, 0.717) is 6.42 Å². The van der Waals surface area contributed by atoms with E-state index in [1.807, 2.05) is 12.1 Å². The monoisotopic (exact) mass is 486 g/mol. The van der Waals surface area contributed by atoms with Crippen molar-refractivity contribution in [2.24, 2.45) is 33.5 Å². The lowest BCUT2D eigenvalue weighted by molar-refractivity contribution is -0.282. The fourth-order valence-electron chi connectivity index (χ4n) is 9.52. The van der Waals surface area contributed by atoms with Gasteiger partial charge in [-0.25, -0.2) is 0 Å². The van der Waals surface area contributed by atoms with E-state index in [4.69, 9.17) is 18.6 Å². The first-order chi connectivity index (χ1) is 16.3. The predicted octanol–water partition coefficient (Wildman–Crippen LogP) is 4.14. The van der Waals surface area contributed by atoms with Crippen molar-refractivity contribution >= 4 is 5.97 Å². The molecule has 2 aliphatic heterocycles. The standard InChI is InChI=1S/C28H38O7/c1-15(29)33-20-13-18-24(2,3)19(30)8-10-25(18,4)17-7-11-26(5)21(16-9-12-32-14-16)34-23(31)22-28(26,35-22)27(17,20)6/h8-10,12,14,17-23,30-31H,7,11,13H2,1-6H3/t17?,18?,19?,20-,21+,22-,23?,25-,26+,27+,28-/m1/s1. The number of epoxide rings is 1. The zero-order valence-electron chi connectivity index (χ0n) is 21.5. The van der Waals surface area contributed by atoms with E-state index < -0.39 is 47.1 Å². The predicted molar refractivity (Wildman–Crippen MR) is 126 cm³/mol. The number of fused-ring (bicyclic) bond motifs is 3. The van der Waals surface area contributed by atoms with Gasteiger partial charge in [0.15, 0.2) is 6.29 Å². The van der Waals surface area contributed by atoms with Gasteiger partial charge in [-0.15, -0.1) is 0 Å². The minimum absolute atomic E-state index is 0.116. The normalized spacial score (nSPS) is 53.5. The van der Waals surface area contributed by atoms with Gasteiger partial charge in [-0.2, -0.15) is 0 Å². The van der Waals surface area contributed by atoms with Crippen LogP contribution in [0.25, 0.3) is 0 Å². The number of hydrogen-bond acceptors (Lipinski definition) is 7. The van der Waals surface area contributed by atoms with Crippen LogP contribution >= 0.6 is 0 Å². The zero-order chi connectivity index (χ0) is 25.2. The van der Waals surface area contributed by atoms with E-state index >= 15 is 0 Å². The average Bonchev–Trinajstić information content (AvgIpc) is 3.35. The van der Waals surface area contributed by atoms with Gasteiger partial charge in [-0.1, -0.05) is 46.8 Å². The van der Waals surface area contributed by atoms with Crippen molar-refractivity contribution in [3.8, 4) is 0 Å². The lowest BCUT2D eigenvalue weighted by Gasteiger charge is -2.69. The lowest BCUT2D eigenvalue weighted by Crippen LogP contribution is -2.73. The summed E-state index contributed by atoms with van der Waals surface area (Å²) in [6, 6.07) is 1.89. The zero-order valence-corrected chi connectivity index (χ0v) is 21.5. The Morgan fingerprint density at radius 1 is 1.14 bits per heavy atom.